The van der Waals surface area contributed by atoms with Crippen molar-refractivity contribution in [3.63, 3.8) is 0 Å². The number of hydrogen-bond donors (Lipinski definition) is 2. The van der Waals surface area contributed by atoms with Crippen molar-refractivity contribution in [2.75, 3.05) is 20.7 Å². The average molecular weight is 470 g/mol. The summed E-state index contributed by atoms with van der Waals surface area (Å²) < 4.78 is 6.40. The standard InChI is InChI=1S/C15H24BrN3O.HI/c1-11(2)7-8-18-15(17-3)19-10-12-9-13(16)5-6-14(12)20-4;/h5-6,9,11H,7-8,10H2,1-4H3,(H2,17,18,19);1H. The lowest BCUT2D eigenvalue weighted by molar-refractivity contribution is 0.409. The molecule has 0 aliphatic heterocycles. The second-order valence-electron chi connectivity index (χ2n) is 4.99. The fraction of sp³-hybridized carbons (Fsp3) is 0.533. The number of aliphatic imine (C=N–C) groups is 1. The molecule has 0 aromatic heterocycles. The van der Waals surface area contributed by atoms with Crippen LogP contribution < -0.4 is 15.4 Å². The molecule has 0 fully saturated rings. The Morgan fingerprint density at radius 2 is 2.05 bits per heavy atom. The molecular formula is C15H25BrIN3O. The number of hydrogen-bond acceptors (Lipinski definition) is 2. The molecule has 0 aliphatic rings. The second-order valence-corrected chi connectivity index (χ2v) is 5.91. The van der Waals surface area contributed by atoms with Crippen molar-refractivity contribution in [2.24, 2.45) is 10.9 Å². The number of guanidine groups is 1. The smallest absolute Gasteiger partial charge is 0.191 e. The van der Waals surface area contributed by atoms with Crippen molar-refractivity contribution < 1.29 is 4.74 Å². The van der Waals surface area contributed by atoms with Gasteiger partial charge in [-0.05, 0) is 30.5 Å². The predicted molar refractivity (Wildman–Crippen MR) is 104 cm³/mol. The maximum absolute atomic E-state index is 5.36. The van der Waals surface area contributed by atoms with Crippen LogP contribution in [-0.4, -0.2) is 26.7 Å². The minimum atomic E-state index is 0. The molecule has 0 heterocycles. The van der Waals surface area contributed by atoms with Gasteiger partial charge < -0.3 is 15.4 Å². The molecule has 6 heteroatoms. The minimum Gasteiger partial charge on any atom is -0.496 e. The number of nitrogens with one attached hydrogen (secondary N) is 2. The summed E-state index contributed by atoms with van der Waals surface area (Å²) in [5.41, 5.74) is 1.09. The zero-order valence-electron chi connectivity index (χ0n) is 13.1. The lowest BCUT2D eigenvalue weighted by Gasteiger charge is -2.14. The summed E-state index contributed by atoms with van der Waals surface area (Å²) in [6, 6.07) is 5.97. The Bertz CT molecular complexity index is 453. The van der Waals surface area contributed by atoms with Gasteiger partial charge >= 0.3 is 0 Å². The molecule has 1 aromatic carbocycles. The summed E-state index contributed by atoms with van der Waals surface area (Å²) in [5.74, 6) is 2.37. The van der Waals surface area contributed by atoms with Crippen molar-refractivity contribution in [3.05, 3.63) is 28.2 Å². The summed E-state index contributed by atoms with van der Waals surface area (Å²) in [7, 11) is 3.46. The number of halogens is 2. The first-order chi connectivity index (χ1) is 9.56. The van der Waals surface area contributed by atoms with Crippen LogP contribution in [0, 0.1) is 5.92 Å². The van der Waals surface area contributed by atoms with E-state index < -0.39 is 0 Å². The van der Waals surface area contributed by atoms with E-state index in [9.17, 15) is 0 Å². The van der Waals surface area contributed by atoms with Crippen LogP contribution in [0.15, 0.2) is 27.7 Å². The van der Waals surface area contributed by atoms with E-state index in [1.54, 1.807) is 14.2 Å². The Morgan fingerprint density at radius 1 is 1.33 bits per heavy atom. The van der Waals surface area contributed by atoms with Gasteiger partial charge in [0.2, 0.25) is 0 Å². The fourth-order valence-corrected chi connectivity index (χ4v) is 2.17. The summed E-state index contributed by atoms with van der Waals surface area (Å²) in [5, 5.41) is 6.61. The zero-order chi connectivity index (χ0) is 15.0. The maximum atomic E-state index is 5.36. The van der Waals surface area contributed by atoms with Crippen LogP contribution in [0.3, 0.4) is 0 Å². The summed E-state index contributed by atoms with van der Waals surface area (Å²) in [4.78, 5) is 4.22. The summed E-state index contributed by atoms with van der Waals surface area (Å²) in [6.45, 7) is 6.02. The fourth-order valence-electron chi connectivity index (χ4n) is 1.76. The highest BCUT2D eigenvalue weighted by Crippen LogP contribution is 2.22. The largest absolute Gasteiger partial charge is 0.496 e. The molecule has 0 aliphatic carbocycles. The molecule has 0 atom stereocenters. The number of benzene rings is 1. The monoisotopic (exact) mass is 469 g/mol. The first kappa shape index (κ1) is 20.5. The van der Waals surface area contributed by atoms with E-state index in [-0.39, 0.29) is 24.0 Å². The second kappa shape index (κ2) is 11.1. The Morgan fingerprint density at radius 3 is 2.62 bits per heavy atom. The van der Waals surface area contributed by atoms with Crippen LogP contribution in [0.5, 0.6) is 5.75 Å². The van der Waals surface area contributed by atoms with Crippen molar-refractivity contribution in [2.45, 2.75) is 26.8 Å². The summed E-state index contributed by atoms with van der Waals surface area (Å²) in [6.07, 6.45) is 1.13. The van der Waals surface area contributed by atoms with Gasteiger partial charge in [-0.15, -0.1) is 24.0 Å². The molecular weight excluding hydrogens is 445 g/mol. The highest BCUT2D eigenvalue weighted by Gasteiger charge is 2.05. The van der Waals surface area contributed by atoms with E-state index in [1.807, 2.05) is 18.2 Å². The van der Waals surface area contributed by atoms with Crippen molar-refractivity contribution in [3.8, 4) is 5.75 Å². The van der Waals surface area contributed by atoms with E-state index in [0.717, 1.165) is 34.7 Å². The first-order valence-electron chi connectivity index (χ1n) is 6.83. The predicted octanol–water partition coefficient (Wildman–Crippen LogP) is 3.79. The third kappa shape index (κ3) is 7.90. The van der Waals surface area contributed by atoms with E-state index >= 15 is 0 Å². The molecule has 2 N–H and O–H groups in total. The number of ether oxygens (including phenoxy) is 1. The average Bonchev–Trinajstić information content (AvgIpc) is 2.42. The normalized spacial score (nSPS) is 11.0. The Kier molecular flexibility index (Phi) is 10.9. The van der Waals surface area contributed by atoms with E-state index in [1.165, 1.54) is 0 Å². The first-order valence-corrected chi connectivity index (χ1v) is 7.63. The van der Waals surface area contributed by atoms with Gasteiger partial charge in [0.25, 0.3) is 0 Å². The lowest BCUT2D eigenvalue weighted by Crippen LogP contribution is -2.37. The van der Waals surface area contributed by atoms with Crippen LogP contribution in [0.1, 0.15) is 25.8 Å². The van der Waals surface area contributed by atoms with Crippen LogP contribution in [0.25, 0.3) is 0 Å². The molecule has 1 aromatic rings. The molecule has 0 amide bonds. The van der Waals surface area contributed by atoms with E-state index in [2.05, 4.69) is 45.4 Å². The highest BCUT2D eigenvalue weighted by atomic mass is 127. The van der Waals surface area contributed by atoms with Crippen LogP contribution in [0.2, 0.25) is 0 Å². The molecule has 0 unspecified atom stereocenters. The number of methoxy groups -OCH3 is 1. The molecule has 0 saturated carbocycles. The highest BCUT2D eigenvalue weighted by molar-refractivity contribution is 14.0. The molecule has 120 valence electrons. The van der Waals surface area contributed by atoms with Gasteiger partial charge in [-0.25, -0.2) is 0 Å². The van der Waals surface area contributed by atoms with Gasteiger partial charge in [-0.3, -0.25) is 4.99 Å². The summed E-state index contributed by atoms with van der Waals surface area (Å²) >= 11 is 3.48. The van der Waals surface area contributed by atoms with E-state index in [0.29, 0.717) is 12.5 Å². The Hall–Kier alpha value is -0.500. The molecule has 0 spiro atoms. The van der Waals surface area contributed by atoms with Gasteiger partial charge in [-0.2, -0.15) is 0 Å². The topological polar surface area (TPSA) is 45.7 Å². The minimum absolute atomic E-state index is 0. The van der Waals surface area contributed by atoms with E-state index in [4.69, 9.17) is 4.74 Å². The Balaban J connectivity index is 0.00000400. The van der Waals surface area contributed by atoms with Gasteiger partial charge in [0.1, 0.15) is 5.75 Å². The van der Waals surface area contributed by atoms with Crippen LogP contribution in [-0.2, 0) is 6.54 Å². The third-order valence-corrected chi connectivity index (χ3v) is 3.42. The van der Waals surface area contributed by atoms with Crippen molar-refractivity contribution in [1.82, 2.24) is 10.6 Å². The number of nitrogens with zero attached hydrogens (tertiary/aromatic N) is 1. The molecule has 0 saturated heterocycles. The maximum Gasteiger partial charge on any atom is 0.191 e. The van der Waals surface area contributed by atoms with Crippen LogP contribution in [0.4, 0.5) is 0 Å². The van der Waals surface area contributed by atoms with Gasteiger partial charge in [0.15, 0.2) is 5.96 Å². The van der Waals surface area contributed by atoms with Gasteiger partial charge in [0, 0.05) is 30.2 Å². The molecule has 0 bridgehead atoms. The molecule has 0 radical (unpaired) electrons. The quantitative estimate of drug-likeness (QED) is 0.378. The van der Waals surface area contributed by atoms with Gasteiger partial charge in [0.05, 0.1) is 7.11 Å². The lowest BCUT2D eigenvalue weighted by atomic mass is 10.1. The van der Waals surface area contributed by atoms with Crippen LogP contribution >= 0.6 is 39.9 Å². The molecule has 1 rings (SSSR count). The van der Waals surface area contributed by atoms with Crippen molar-refractivity contribution in [1.29, 1.82) is 0 Å². The van der Waals surface area contributed by atoms with Gasteiger partial charge in [-0.1, -0.05) is 29.8 Å². The number of rotatable bonds is 6. The Labute approximate surface area is 153 Å². The zero-order valence-corrected chi connectivity index (χ0v) is 17.0. The molecule has 4 nitrogen and oxygen atoms in total. The molecule has 21 heavy (non-hydrogen) atoms. The van der Waals surface area contributed by atoms with Crippen molar-refractivity contribution >= 4 is 45.9 Å². The third-order valence-electron chi connectivity index (χ3n) is 2.93. The SMILES string of the molecule is CN=C(NCCC(C)C)NCc1cc(Br)ccc1OC.I.